The molecule has 1 aliphatic rings. The van der Waals surface area contributed by atoms with Crippen LogP contribution in [0.4, 0.5) is 5.69 Å². The van der Waals surface area contributed by atoms with Crippen LogP contribution in [0.1, 0.15) is 23.1 Å². The van der Waals surface area contributed by atoms with Crippen LogP contribution in [-0.2, 0) is 34.2 Å². The highest BCUT2D eigenvalue weighted by atomic mass is 32.2. The van der Waals surface area contributed by atoms with Crippen LogP contribution in [0.3, 0.4) is 0 Å². The molecule has 1 amide bonds. The van der Waals surface area contributed by atoms with Crippen LogP contribution < -0.4 is 9.62 Å². The standard InChI is InChI=1S/C22H23N3O3S2/c1-2-30(27,28)25-11-10-18-12-17(8-9-20(18)25)19-15-29-22(24-19)13-21(26)23-14-16-6-4-3-5-7-16/h3-9,12,15H,2,10-11,13-14H2,1H3,(H,23,26). The average molecular weight is 442 g/mol. The molecule has 2 heterocycles. The first-order chi connectivity index (χ1) is 14.5. The Labute approximate surface area is 180 Å². The van der Waals surface area contributed by atoms with E-state index in [0.29, 0.717) is 19.5 Å². The van der Waals surface area contributed by atoms with Crippen molar-refractivity contribution in [3.63, 3.8) is 0 Å². The van der Waals surface area contributed by atoms with Gasteiger partial charge in [-0.1, -0.05) is 36.4 Å². The largest absolute Gasteiger partial charge is 0.352 e. The molecule has 1 aliphatic heterocycles. The zero-order chi connectivity index (χ0) is 21.1. The molecule has 3 aromatic rings. The van der Waals surface area contributed by atoms with E-state index in [0.717, 1.165) is 33.1 Å². The summed E-state index contributed by atoms with van der Waals surface area (Å²) in [6, 6.07) is 15.6. The molecule has 1 aromatic heterocycles. The van der Waals surface area contributed by atoms with Crippen molar-refractivity contribution in [2.45, 2.75) is 26.3 Å². The van der Waals surface area contributed by atoms with Crippen molar-refractivity contribution in [2.24, 2.45) is 0 Å². The van der Waals surface area contributed by atoms with Crippen molar-refractivity contribution in [3.8, 4) is 11.3 Å². The van der Waals surface area contributed by atoms with Crippen molar-refractivity contribution in [1.82, 2.24) is 10.3 Å². The van der Waals surface area contributed by atoms with Gasteiger partial charge >= 0.3 is 0 Å². The Morgan fingerprint density at radius 3 is 2.77 bits per heavy atom. The summed E-state index contributed by atoms with van der Waals surface area (Å²) in [6.45, 7) is 2.65. The number of fused-ring (bicyclic) bond motifs is 1. The maximum atomic E-state index is 12.2. The Morgan fingerprint density at radius 1 is 1.20 bits per heavy atom. The molecule has 0 bridgehead atoms. The maximum Gasteiger partial charge on any atom is 0.234 e. The third-order valence-electron chi connectivity index (χ3n) is 5.12. The van der Waals surface area contributed by atoms with Gasteiger partial charge in [0.2, 0.25) is 15.9 Å². The molecule has 30 heavy (non-hydrogen) atoms. The lowest BCUT2D eigenvalue weighted by atomic mass is 10.1. The van der Waals surface area contributed by atoms with Gasteiger partial charge in [0.15, 0.2) is 0 Å². The van der Waals surface area contributed by atoms with E-state index < -0.39 is 10.0 Å². The molecule has 8 heteroatoms. The van der Waals surface area contributed by atoms with Crippen LogP contribution >= 0.6 is 11.3 Å². The molecular weight excluding hydrogens is 418 g/mol. The first-order valence-corrected chi connectivity index (χ1v) is 12.3. The zero-order valence-corrected chi connectivity index (χ0v) is 18.3. The van der Waals surface area contributed by atoms with Crippen LogP contribution in [0.5, 0.6) is 0 Å². The summed E-state index contributed by atoms with van der Waals surface area (Å²) in [4.78, 5) is 16.8. The highest BCUT2D eigenvalue weighted by Gasteiger charge is 2.28. The lowest BCUT2D eigenvalue weighted by Gasteiger charge is -2.18. The molecule has 4 rings (SSSR count). The van der Waals surface area contributed by atoms with Crippen LogP contribution in [-0.4, -0.2) is 31.6 Å². The van der Waals surface area contributed by atoms with Gasteiger partial charge in [0.05, 0.1) is 23.6 Å². The maximum absolute atomic E-state index is 12.2. The van der Waals surface area contributed by atoms with E-state index in [1.807, 2.05) is 53.9 Å². The molecule has 6 nitrogen and oxygen atoms in total. The number of nitrogens with zero attached hydrogens (tertiary/aromatic N) is 2. The summed E-state index contributed by atoms with van der Waals surface area (Å²) in [5.74, 6) is 0.0322. The molecule has 0 saturated carbocycles. The fraction of sp³-hybridized carbons (Fsp3) is 0.273. The number of benzene rings is 2. The number of carbonyl (C=O) groups is 1. The van der Waals surface area contributed by atoms with E-state index in [2.05, 4.69) is 10.3 Å². The number of thiazole rings is 1. The normalized spacial score (nSPS) is 13.3. The first kappa shape index (κ1) is 20.6. The van der Waals surface area contributed by atoms with Crippen molar-refractivity contribution < 1.29 is 13.2 Å². The van der Waals surface area contributed by atoms with Crippen molar-refractivity contribution in [3.05, 3.63) is 70.0 Å². The van der Waals surface area contributed by atoms with Crippen LogP contribution in [0, 0.1) is 0 Å². The number of aromatic nitrogens is 1. The summed E-state index contributed by atoms with van der Waals surface area (Å²) in [6.07, 6.45) is 0.937. The van der Waals surface area contributed by atoms with Gasteiger partial charge < -0.3 is 5.32 Å². The van der Waals surface area contributed by atoms with Gasteiger partial charge in [0.1, 0.15) is 5.01 Å². The number of nitrogens with one attached hydrogen (secondary N) is 1. The molecule has 1 N–H and O–H groups in total. The molecule has 0 saturated heterocycles. The SMILES string of the molecule is CCS(=O)(=O)N1CCc2cc(-c3csc(CC(=O)NCc4ccccc4)n3)ccc21. The van der Waals surface area contributed by atoms with Crippen molar-refractivity contribution in [1.29, 1.82) is 0 Å². The van der Waals surface area contributed by atoms with Crippen molar-refractivity contribution >= 4 is 33.0 Å². The second-order valence-electron chi connectivity index (χ2n) is 7.13. The fourth-order valence-corrected chi connectivity index (χ4v) is 5.46. The molecule has 0 spiro atoms. The highest BCUT2D eigenvalue weighted by molar-refractivity contribution is 7.92. The molecule has 0 atom stereocenters. The van der Waals surface area contributed by atoms with Gasteiger partial charge in [-0.25, -0.2) is 13.4 Å². The van der Waals surface area contributed by atoms with E-state index in [9.17, 15) is 13.2 Å². The van der Waals surface area contributed by atoms with Crippen LogP contribution in [0.15, 0.2) is 53.9 Å². The van der Waals surface area contributed by atoms with Crippen molar-refractivity contribution in [2.75, 3.05) is 16.6 Å². The van der Waals surface area contributed by atoms with E-state index >= 15 is 0 Å². The number of amides is 1. The van der Waals surface area contributed by atoms with Gasteiger partial charge in [0, 0.05) is 24.0 Å². The summed E-state index contributed by atoms with van der Waals surface area (Å²) in [5.41, 5.74) is 4.58. The Bertz CT molecular complexity index is 1160. The predicted molar refractivity (Wildman–Crippen MR) is 120 cm³/mol. The van der Waals surface area contributed by atoms with E-state index in [1.54, 1.807) is 6.92 Å². The molecule has 156 valence electrons. The molecule has 0 radical (unpaired) electrons. The average Bonchev–Trinajstić information content (AvgIpc) is 3.40. The summed E-state index contributed by atoms with van der Waals surface area (Å²) < 4.78 is 26.0. The monoisotopic (exact) mass is 441 g/mol. The number of hydrogen-bond donors (Lipinski definition) is 1. The Balaban J connectivity index is 1.42. The zero-order valence-electron chi connectivity index (χ0n) is 16.7. The highest BCUT2D eigenvalue weighted by Crippen LogP contribution is 2.34. The van der Waals surface area contributed by atoms with Gasteiger partial charge in [-0.15, -0.1) is 11.3 Å². The molecule has 0 unspecified atom stereocenters. The lowest BCUT2D eigenvalue weighted by Crippen LogP contribution is -2.30. The van der Waals surface area contributed by atoms with Crippen LogP contribution in [0.25, 0.3) is 11.3 Å². The summed E-state index contributed by atoms with van der Waals surface area (Å²) >= 11 is 1.46. The quantitative estimate of drug-likeness (QED) is 0.610. The third kappa shape index (κ3) is 4.39. The lowest BCUT2D eigenvalue weighted by molar-refractivity contribution is -0.120. The minimum Gasteiger partial charge on any atom is -0.352 e. The van der Waals surface area contributed by atoms with E-state index in [4.69, 9.17) is 0 Å². The number of hydrogen-bond acceptors (Lipinski definition) is 5. The van der Waals surface area contributed by atoms with Crippen LogP contribution in [0.2, 0.25) is 0 Å². The Hall–Kier alpha value is -2.71. The Morgan fingerprint density at radius 2 is 2.00 bits per heavy atom. The van der Waals surface area contributed by atoms with E-state index in [-0.39, 0.29) is 18.1 Å². The minimum atomic E-state index is -3.25. The van der Waals surface area contributed by atoms with Gasteiger partial charge in [-0.05, 0) is 36.6 Å². The molecule has 0 aliphatic carbocycles. The fourth-order valence-electron chi connectivity index (χ4n) is 3.50. The molecule has 0 fully saturated rings. The van der Waals surface area contributed by atoms with Gasteiger partial charge in [0.25, 0.3) is 0 Å². The number of anilines is 1. The topological polar surface area (TPSA) is 79.4 Å². The van der Waals surface area contributed by atoms with Gasteiger partial charge in [-0.2, -0.15) is 0 Å². The van der Waals surface area contributed by atoms with E-state index in [1.165, 1.54) is 15.6 Å². The number of carbonyl (C=O) groups excluding carboxylic acids is 1. The minimum absolute atomic E-state index is 0.0610. The predicted octanol–water partition coefficient (Wildman–Crippen LogP) is 3.38. The summed E-state index contributed by atoms with van der Waals surface area (Å²) in [7, 11) is -3.25. The summed E-state index contributed by atoms with van der Waals surface area (Å²) in [5, 5.41) is 5.62. The smallest absolute Gasteiger partial charge is 0.234 e. The number of sulfonamides is 1. The second-order valence-corrected chi connectivity index (χ2v) is 10.3. The number of rotatable bonds is 7. The third-order valence-corrected chi connectivity index (χ3v) is 7.75. The first-order valence-electron chi connectivity index (χ1n) is 9.85. The van der Waals surface area contributed by atoms with Gasteiger partial charge in [-0.3, -0.25) is 9.10 Å². The Kier molecular flexibility index (Phi) is 5.87. The molecular formula is C22H23N3O3S2. The second kappa shape index (κ2) is 8.57. The molecule has 2 aromatic carbocycles.